The lowest BCUT2D eigenvalue weighted by Gasteiger charge is -2.29. The van der Waals surface area contributed by atoms with Gasteiger partial charge in [-0.15, -0.1) is 10.2 Å². The highest BCUT2D eigenvalue weighted by Gasteiger charge is 2.36. The van der Waals surface area contributed by atoms with Crippen LogP contribution in [0.15, 0.2) is 47.8 Å². The molecule has 196 valence electrons. The Bertz CT molecular complexity index is 1410. The summed E-state index contributed by atoms with van der Waals surface area (Å²) in [6, 6.07) is 3.54. The summed E-state index contributed by atoms with van der Waals surface area (Å²) in [6.07, 6.45) is 7.27. The molecule has 37 heavy (non-hydrogen) atoms. The van der Waals surface area contributed by atoms with Crippen LogP contribution in [0.4, 0.5) is 5.95 Å². The van der Waals surface area contributed by atoms with Crippen LogP contribution in [0.25, 0.3) is 17.1 Å². The Kier molecular flexibility index (Phi) is 7.85. The third-order valence-electron chi connectivity index (χ3n) is 6.14. The van der Waals surface area contributed by atoms with E-state index in [1.807, 2.05) is 6.92 Å². The van der Waals surface area contributed by atoms with E-state index in [1.54, 1.807) is 56.3 Å². The minimum Gasteiger partial charge on any atom is -0.480 e. The monoisotopic (exact) mass is 546 g/mol. The van der Waals surface area contributed by atoms with Crippen molar-refractivity contribution >= 4 is 39.5 Å². The van der Waals surface area contributed by atoms with Gasteiger partial charge in [0.05, 0.1) is 17.4 Å². The van der Waals surface area contributed by atoms with Crippen molar-refractivity contribution in [3.05, 3.63) is 53.7 Å². The lowest BCUT2D eigenvalue weighted by molar-refractivity contribution is 0.116. The third kappa shape index (κ3) is 5.33. The van der Waals surface area contributed by atoms with Crippen molar-refractivity contribution in [1.82, 2.24) is 29.7 Å². The average molecular weight is 547 g/mol. The van der Waals surface area contributed by atoms with Crippen LogP contribution >= 0.6 is 11.6 Å². The van der Waals surface area contributed by atoms with E-state index in [9.17, 15) is 8.42 Å². The number of methoxy groups -OCH3 is 2. The lowest BCUT2D eigenvalue weighted by atomic mass is 10.0. The number of aliphatic imine (C=N–C) groups is 1. The van der Waals surface area contributed by atoms with E-state index in [-0.39, 0.29) is 17.7 Å². The summed E-state index contributed by atoms with van der Waals surface area (Å²) >= 11 is 5.88. The van der Waals surface area contributed by atoms with Gasteiger partial charge in [-0.3, -0.25) is 14.3 Å². The molecule has 0 spiro atoms. The molecule has 14 heteroatoms. The summed E-state index contributed by atoms with van der Waals surface area (Å²) in [7, 11) is -0.975. The van der Waals surface area contributed by atoms with Gasteiger partial charge in [-0.05, 0) is 19.1 Å². The van der Waals surface area contributed by atoms with E-state index >= 15 is 0 Å². The summed E-state index contributed by atoms with van der Waals surface area (Å²) < 4.78 is 42.5. The molecule has 3 aromatic heterocycles. The molecule has 4 heterocycles. The highest BCUT2D eigenvalue weighted by atomic mass is 35.5. The second-order valence-electron chi connectivity index (χ2n) is 8.51. The van der Waals surface area contributed by atoms with Crippen LogP contribution in [0.5, 0.6) is 0 Å². The standard InChI is InChI=1S/C23H27ClN8O4S/c1-13-9-28-22(36-5)18(19(13)35-4)32-21(16-7-6-8-25-10-16)29-30-23(32)31-37(33,34)15(3)14(2)20-26-11-17(24)12-27-20/h6-15,19H,1-5H3,(H,30,31)/t13?,14-,15-,19?/m0/s1. The van der Waals surface area contributed by atoms with E-state index in [2.05, 4.69) is 34.9 Å². The van der Waals surface area contributed by atoms with Gasteiger partial charge in [-0.2, -0.15) is 0 Å². The van der Waals surface area contributed by atoms with E-state index in [0.29, 0.717) is 27.9 Å². The fourth-order valence-corrected chi connectivity index (χ4v) is 5.25. The van der Waals surface area contributed by atoms with Crippen LogP contribution in [0.2, 0.25) is 5.02 Å². The van der Waals surface area contributed by atoms with Crippen molar-refractivity contribution in [3.63, 3.8) is 0 Å². The number of aromatic nitrogens is 6. The second-order valence-corrected chi connectivity index (χ2v) is 11.0. The quantitative estimate of drug-likeness (QED) is 0.427. The molecule has 12 nitrogen and oxygen atoms in total. The molecule has 3 aromatic rings. The topological polar surface area (TPSA) is 146 Å². The highest BCUT2D eigenvalue weighted by Crippen LogP contribution is 2.35. The number of halogens is 1. The molecule has 0 fully saturated rings. The zero-order valence-corrected chi connectivity index (χ0v) is 22.5. The molecule has 1 N–H and O–H groups in total. The number of hydrogen-bond donors (Lipinski definition) is 1. The number of rotatable bonds is 9. The molecular weight excluding hydrogens is 520 g/mol. The predicted molar refractivity (Wildman–Crippen MR) is 139 cm³/mol. The summed E-state index contributed by atoms with van der Waals surface area (Å²) in [5.41, 5.74) is 1.06. The maximum Gasteiger partial charge on any atom is 0.243 e. The third-order valence-corrected chi connectivity index (χ3v) is 8.19. The molecule has 2 unspecified atom stereocenters. The molecule has 0 radical (unpaired) electrons. The van der Waals surface area contributed by atoms with Crippen molar-refractivity contribution in [1.29, 1.82) is 0 Å². The molecule has 4 rings (SSSR count). The SMILES string of the molecule is COC1=C(n2c(NS(=O)(=O)[C@@H](C)[C@H](C)c3ncc(Cl)cn3)nnc2-c2cccnc2)C(OC)C(C)C=N1. The first-order valence-electron chi connectivity index (χ1n) is 11.4. The Labute approximate surface area is 219 Å². The molecular formula is C23H27ClN8O4S. The van der Waals surface area contributed by atoms with Gasteiger partial charge in [0.25, 0.3) is 0 Å². The van der Waals surface area contributed by atoms with E-state index < -0.39 is 27.3 Å². The Hall–Kier alpha value is -3.42. The Balaban J connectivity index is 1.81. The molecule has 4 atom stereocenters. The van der Waals surface area contributed by atoms with Gasteiger partial charge < -0.3 is 9.47 Å². The number of ether oxygens (including phenoxy) is 2. The Morgan fingerprint density at radius 2 is 1.86 bits per heavy atom. The van der Waals surface area contributed by atoms with Gasteiger partial charge in [0, 0.05) is 55.5 Å². The molecule has 0 amide bonds. The maximum absolute atomic E-state index is 13.5. The van der Waals surface area contributed by atoms with Crippen molar-refractivity contribution in [2.24, 2.45) is 10.9 Å². The number of nitrogens with zero attached hydrogens (tertiary/aromatic N) is 7. The van der Waals surface area contributed by atoms with Crippen LogP contribution in [-0.2, 0) is 19.5 Å². The zero-order valence-electron chi connectivity index (χ0n) is 20.9. The number of anilines is 1. The molecule has 0 saturated carbocycles. The van der Waals surface area contributed by atoms with E-state index in [0.717, 1.165) is 0 Å². The number of pyridine rings is 1. The normalized spacial score (nSPS) is 19.5. The van der Waals surface area contributed by atoms with Gasteiger partial charge in [0.15, 0.2) is 5.82 Å². The number of sulfonamides is 1. The molecule has 1 aliphatic heterocycles. The summed E-state index contributed by atoms with van der Waals surface area (Å²) in [6.45, 7) is 5.22. The first-order valence-corrected chi connectivity index (χ1v) is 13.3. The van der Waals surface area contributed by atoms with Crippen LogP contribution in [0, 0.1) is 5.92 Å². The molecule has 0 aromatic carbocycles. The molecule has 0 bridgehead atoms. The van der Waals surface area contributed by atoms with Crippen molar-refractivity contribution in [2.75, 3.05) is 18.9 Å². The summed E-state index contributed by atoms with van der Waals surface area (Å²) in [4.78, 5) is 16.9. The van der Waals surface area contributed by atoms with Crippen molar-refractivity contribution < 1.29 is 17.9 Å². The fraction of sp³-hybridized carbons (Fsp3) is 0.391. The first-order chi connectivity index (χ1) is 17.7. The average Bonchev–Trinajstić information content (AvgIpc) is 3.30. The fourth-order valence-electron chi connectivity index (χ4n) is 3.92. The zero-order chi connectivity index (χ0) is 26.7. The Morgan fingerprint density at radius 3 is 2.49 bits per heavy atom. The molecule has 0 saturated heterocycles. The van der Waals surface area contributed by atoms with Crippen LogP contribution in [0.3, 0.4) is 0 Å². The minimum atomic E-state index is -4.01. The van der Waals surface area contributed by atoms with Gasteiger partial charge >= 0.3 is 0 Å². The summed E-state index contributed by atoms with van der Waals surface area (Å²) in [5, 5.41) is 7.91. The molecule has 0 aliphatic carbocycles. The second kappa shape index (κ2) is 10.9. The molecule has 1 aliphatic rings. The number of hydrogen-bond acceptors (Lipinski definition) is 10. The minimum absolute atomic E-state index is 0.0502. The van der Waals surface area contributed by atoms with Gasteiger partial charge in [-0.25, -0.2) is 23.4 Å². The van der Waals surface area contributed by atoms with Crippen LogP contribution < -0.4 is 4.72 Å². The van der Waals surface area contributed by atoms with Crippen LogP contribution in [0.1, 0.15) is 32.5 Å². The smallest absolute Gasteiger partial charge is 0.243 e. The Morgan fingerprint density at radius 1 is 1.14 bits per heavy atom. The number of nitrogens with one attached hydrogen (secondary N) is 1. The van der Waals surface area contributed by atoms with E-state index in [1.165, 1.54) is 19.5 Å². The van der Waals surface area contributed by atoms with Crippen LogP contribution in [-0.4, -0.2) is 69.9 Å². The maximum atomic E-state index is 13.5. The predicted octanol–water partition coefficient (Wildman–Crippen LogP) is 3.23. The highest BCUT2D eigenvalue weighted by molar-refractivity contribution is 7.93. The first kappa shape index (κ1) is 26.6. The van der Waals surface area contributed by atoms with Gasteiger partial charge in [0.1, 0.15) is 17.6 Å². The van der Waals surface area contributed by atoms with E-state index in [4.69, 9.17) is 21.1 Å². The van der Waals surface area contributed by atoms with Crippen molar-refractivity contribution in [2.45, 2.75) is 38.0 Å². The van der Waals surface area contributed by atoms with Crippen molar-refractivity contribution in [3.8, 4) is 11.4 Å². The summed E-state index contributed by atoms with van der Waals surface area (Å²) in [5.74, 6) is 0.178. The van der Waals surface area contributed by atoms with Gasteiger partial charge in [-0.1, -0.05) is 25.4 Å². The lowest BCUT2D eigenvalue weighted by Crippen LogP contribution is -2.34. The largest absolute Gasteiger partial charge is 0.480 e. The van der Waals surface area contributed by atoms with Gasteiger partial charge in [0.2, 0.25) is 21.9 Å².